The minimum Gasteiger partial charge on any atom is -0.263 e. The van der Waals surface area contributed by atoms with Crippen LogP contribution in [0.2, 0.25) is 0 Å². The number of imide groups is 2. The van der Waals surface area contributed by atoms with Crippen molar-refractivity contribution in [3.8, 4) is 0 Å². The third-order valence-corrected chi connectivity index (χ3v) is 4.87. The number of nitrogens with zero attached hydrogens (tertiary/aromatic N) is 2. The van der Waals surface area contributed by atoms with Gasteiger partial charge in [-0.2, -0.15) is 0 Å². The maximum atomic E-state index is 12.5. The molecule has 128 valence electrons. The lowest BCUT2D eigenvalue weighted by molar-refractivity contribution is -0.143. The van der Waals surface area contributed by atoms with E-state index in [0.717, 1.165) is 39.3 Å². The van der Waals surface area contributed by atoms with Crippen molar-refractivity contribution in [3.63, 3.8) is 0 Å². The molecule has 4 amide bonds. The van der Waals surface area contributed by atoms with Crippen LogP contribution >= 0.6 is 0 Å². The Bertz CT molecular complexity index is 718. The van der Waals surface area contributed by atoms with Gasteiger partial charge < -0.3 is 0 Å². The van der Waals surface area contributed by atoms with Crippen molar-refractivity contribution in [1.29, 1.82) is 0 Å². The average Bonchev–Trinajstić information content (AvgIpc) is 3.26. The molecular formula is C19H24N2O3. The molecule has 5 nitrogen and oxygen atoms in total. The van der Waals surface area contributed by atoms with E-state index in [1.54, 1.807) is 0 Å². The highest BCUT2D eigenvalue weighted by Gasteiger charge is 2.50. The van der Waals surface area contributed by atoms with Crippen LogP contribution in [0.3, 0.4) is 0 Å². The number of aryl methyl sites for hydroxylation is 2. The lowest BCUT2D eigenvalue weighted by Gasteiger charge is -2.23. The highest BCUT2D eigenvalue weighted by molar-refractivity contribution is 6.44. The molecule has 0 unspecified atom stereocenters. The molecule has 5 heteroatoms. The van der Waals surface area contributed by atoms with Gasteiger partial charge in [0.2, 0.25) is 0 Å². The van der Waals surface area contributed by atoms with Gasteiger partial charge in [0.1, 0.15) is 0 Å². The number of hydrogen-bond donors (Lipinski definition) is 0. The molecule has 3 rings (SSSR count). The number of rotatable bonds is 3. The molecule has 0 radical (unpaired) electrons. The monoisotopic (exact) mass is 328 g/mol. The first-order valence-electron chi connectivity index (χ1n) is 8.41. The molecule has 1 aliphatic heterocycles. The summed E-state index contributed by atoms with van der Waals surface area (Å²) in [6.07, 6.45) is 1.61. The minimum atomic E-state index is -0.703. The zero-order valence-electron chi connectivity index (χ0n) is 15.0. The largest absolute Gasteiger partial charge is 0.334 e. The predicted octanol–water partition coefficient (Wildman–Crippen LogP) is 3.05. The Morgan fingerprint density at radius 2 is 1.54 bits per heavy atom. The Balaban J connectivity index is 1.90. The van der Waals surface area contributed by atoms with Gasteiger partial charge in [0.25, 0.3) is 0 Å². The Morgan fingerprint density at radius 3 is 2.00 bits per heavy atom. The first kappa shape index (κ1) is 16.7. The molecule has 24 heavy (non-hydrogen) atoms. The predicted molar refractivity (Wildman–Crippen MR) is 90.4 cm³/mol. The van der Waals surface area contributed by atoms with E-state index < -0.39 is 17.8 Å². The third-order valence-electron chi connectivity index (χ3n) is 4.87. The first-order valence-corrected chi connectivity index (χ1v) is 8.41. The van der Waals surface area contributed by atoms with Crippen LogP contribution in [0.25, 0.3) is 0 Å². The zero-order valence-corrected chi connectivity index (χ0v) is 15.0. The van der Waals surface area contributed by atoms with Crippen LogP contribution < -0.4 is 0 Å². The second-order valence-electron chi connectivity index (χ2n) is 7.92. The van der Waals surface area contributed by atoms with E-state index in [1.165, 1.54) is 5.56 Å². The van der Waals surface area contributed by atoms with E-state index >= 15 is 0 Å². The van der Waals surface area contributed by atoms with E-state index in [4.69, 9.17) is 0 Å². The summed E-state index contributed by atoms with van der Waals surface area (Å²) >= 11 is 0. The van der Waals surface area contributed by atoms with Gasteiger partial charge >= 0.3 is 17.8 Å². The summed E-state index contributed by atoms with van der Waals surface area (Å²) in [5.74, 6) is -1.38. The number of urea groups is 1. The van der Waals surface area contributed by atoms with Crippen molar-refractivity contribution >= 4 is 17.8 Å². The summed E-state index contributed by atoms with van der Waals surface area (Å²) in [5, 5.41) is 0. The maximum absolute atomic E-state index is 12.5. The van der Waals surface area contributed by atoms with Crippen LogP contribution in [-0.4, -0.2) is 33.7 Å². The summed E-state index contributed by atoms with van der Waals surface area (Å²) < 4.78 is 0. The Hall–Kier alpha value is -2.17. The van der Waals surface area contributed by atoms with Gasteiger partial charge in [0.05, 0.1) is 6.54 Å². The summed E-state index contributed by atoms with van der Waals surface area (Å²) in [6, 6.07) is 3.66. The molecule has 2 fully saturated rings. The van der Waals surface area contributed by atoms with Crippen LogP contribution in [0.15, 0.2) is 12.1 Å². The summed E-state index contributed by atoms with van der Waals surface area (Å²) in [7, 11) is 0. The highest BCUT2D eigenvalue weighted by Crippen LogP contribution is 2.33. The molecule has 1 aromatic rings. The third kappa shape index (κ3) is 2.72. The van der Waals surface area contributed by atoms with E-state index in [9.17, 15) is 14.4 Å². The summed E-state index contributed by atoms with van der Waals surface area (Å²) in [6.45, 7) is 10.6. The van der Waals surface area contributed by atoms with Crippen molar-refractivity contribution in [2.75, 3.05) is 0 Å². The van der Waals surface area contributed by atoms with Crippen LogP contribution in [0.5, 0.6) is 0 Å². The van der Waals surface area contributed by atoms with Crippen molar-refractivity contribution < 1.29 is 14.4 Å². The molecule has 0 aromatic heterocycles. The molecule has 1 heterocycles. The first-order chi connectivity index (χ1) is 11.1. The molecule has 1 aromatic carbocycles. The van der Waals surface area contributed by atoms with Gasteiger partial charge in [-0.05, 0) is 54.4 Å². The van der Waals surface area contributed by atoms with Crippen LogP contribution in [0.1, 0.15) is 55.9 Å². The topological polar surface area (TPSA) is 57.7 Å². The maximum Gasteiger partial charge on any atom is 0.334 e. The van der Waals surface area contributed by atoms with Gasteiger partial charge in [0, 0.05) is 6.04 Å². The molecule has 0 N–H and O–H groups in total. The molecule has 1 aliphatic carbocycles. The Kier molecular flexibility index (Phi) is 3.78. The highest BCUT2D eigenvalue weighted by atomic mass is 16.2. The molecule has 1 saturated carbocycles. The zero-order chi connectivity index (χ0) is 17.8. The van der Waals surface area contributed by atoms with Crippen molar-refractivity contribution in [2.24, 2.45) is 0 Å². The minimum absolute atomic E-state index is 0.0338. The fraction of sp³-hybridized carbons (Fsp3) is 0.526. The van der Waals surface area contributed by atoms with Gasteiger partial charge in [-0.25, -0.2) is 4.79 Å². The number of amides is 4. The second kappa shape index (κ2) is 5.43. The molecule has 0 bridgehead atoms. The van der Waals surface area contributed by atoms with Crippen molar-refractivity contribution in [1.82, 2.24) is 9.80 Å². The normalized spacial score (nSPS) is 18.8. The molecular weight excluding hydrogens is 304 g/mol. The van der Waals surface area contributed by atoms with Crippen LogP contribution in [0, 0.1) is 13.8 Å². The van der Waals surface area contributed by atoms with E-state index in [-0.39, 0.29) is 18.0 Å². The Labute approximate surface area is 142 Å². The molecule has 2 aliphatic rings. The lowest BCUT2D eigenvalue weighted by atomic mass is 9.84. The van der Waals surface area contributed by atoms with E-state index in [0.29, 0.717) is 0 Å². The van der Waals surface area contributed by atoms with E-state index in [1.807, 2.05) is 13.8 Å². The lowest BCUT2D eigenvalue weighted by Crippen LogP contribution is -2.34. The summed E-state index contributed by atoms with van der Waals surface area (Å²) in [5.41, 5.74) is 4.27. The number of carbonyl (C=O) groups is 3. The van der Waals surface area contributed by atoms with Gasteiger partial charge in [0.15, 0.2) is 0 Å². The van der Waals surface area contributed by atoms with Crippen molar-refractivity contribution in [3.05, 3.63) is 34.4 Å². The van der Waals surface area contributed by atoms with Gasteiger partial charge in [-0.15, -0.1) is 0 Å². The van der Waals surface area contributed by atoms with E-state index in [2.05, 4.69) is 32.9 Å². The standard InChI is InChI=1S/C19H24N2O3/c1-11-8-13(19(3,4)5)9-12(2)15(11)10-20-16(22)17(23)21(18(20)24)14-6-7-14/h8-9,14H,6-7,10H2,1-5H3. The number of carbonyl (C=O) groups excluding carboxylic acids is 3. The van der Waals surface area contributed by atoms with Crippen LogP contribution in [-0.2, 0) is 21.5 Å². The SMILES string of the molecule is Cc1cc(C(C)(C)C)cc(C)c1CN1C(=O)C(=O)N(C2CC2)C1=O. The number of hydrogen-bond acceptors (Lipinski definition) is 3. The second-order valence-corrected chi connectivity index (χ2v) is 7.92. The quantitative estimate of drug-likeness (QED) is 0.633. The van der Waals surface area contributed by atoms with Gasteiger partial charge in [-0.1, -0.05) is 32.9 Å². The van der Waals surface area contributed by atoms with Gasteiger partial charge in [-0.3, -0.25) is 19.4 Å². The summed E-state index contributed by atoms with van der Waals surface area (Å²) in [4.78, 5) is 39.0. The smallest absolute Gasteiger partial charge is 0.263 e. The average molecular weight is 328 g/mol. The molecule has 0 spiro atoms. The van der Waals surface area contributed by atoms with Crippen LogP contribution in [0.4, 0.5) is 4.79 Å². The molecule has 1 saturated heterocycles. The Morgan fingerprint density at radius 1 is 1.00 bits per heavy atom. The molecule has 0 atom stereocenters. The van der Waals surface area contributed by atoms with Crippen molar-refractivity contribution in [2.45, 2.75) is 65.5 Å². The number of benzene rings is 1. The fourth-order valence-corrected chi connectivity index (χ4v) is 3.15. The fourth-order valence-electron chi connectivity index (χ4n) is 3.15.